The summed E-state index contributed by atoms with van der Waals surface area (Å²) in [6, 6.07) is 17.7. The summed E-state index contributed by atoms with van der Waals surface area (Å²) >= 11 is 0. The first kappa shape index (κ1) is 17.3. The Balaban J connectivity index is 1.32. The van der Waals surface area contributed by atoms with Gasteiger partial charge in [0.05, 0.1) is 5.69 Å². The number of carbonyl (C=O) groups excluding carboxylic acids is 1. The third-order valence-electron chi connectivity index (χ3n) is 6.25. The molecule has 5 nitrogen and oxygen atoms in total. The van der Waals surface area contributed by atoms with Crippen LogP contribution in [0.2, 0.25) is 0 Å². The molecule has 0 saturated carbocycles. The number of hydrazine groups is 1. The highest BCUT2D eigenvalue weighted by molar-refractivity contribution is 5.94. The number of rotatable bonds is 3. The maximum atomic E-state index is 12.0. The maximum absolute atomic E-state index is 12.0. The molecule has 1 amide bonds. The molecule has 1 N–H and O–H groups in total. The van der Waals surface area contributed by atoms with E-state index in [-0.39, 0.29) is 5.91 Å². The van der Waals surface area contributed by atoms with Gasteiger partial charge < -0.3 is 9.80 Å². The van der Waals surface area contributed by atoms with Crippen LogP contribution in [-0.4, -0.2) is 43.5 Å². The Morgan fingerprint density at radius 1 is 0.929 bits per heavy atom. The standard InChI is InChI=1S/C23H26N4O/c1-25-15-19-12-14-26(22(19)16-25)20-8-4-17(5-9-20)18-6-10-21(11-7-18)27-23(28)3-2-13-24-27/h2,4-11,13,19,22,24H,3,12,14-16H2,1H3/t19-,22+/m1/s1. The minimum Gasteiger partial charge on any atom is -0.367 e. The van der Waals surface area contributed by atoms with Crippen molar-refractivity contribution in [3.8, 4) is 11.1 Å². The van der Waals surface area contributed by atoms with Crippen molar-refractivity contribution in [2.45, 2.75) is 18.9 Å². The molecule has 0 spiro atoms. The van der Waals surface area contributed by atoms with E-state index in [0.29, 0.717) is 12.5 Å². The van der Waals surface area contributed by atoms with Crippen LogP contribution in [0.5, 0.6) is 0 Å². The molecule has 2 fully saturated rings. The average molecular weight is 374 g/mol. The van der Waals surface area contributed by atoms with Gasteiger partial charge in [-0.2, -0.15) is 0 Å². The zero-order valence-corrected chi connectivity index (χ0v) is 16.2. The monoisotopic (exact) mass is 374 g/mol. The molecule has 5 rings (SSSR count). The second kappa shape index (κ2) is 6.99. The van der Waals surface area contributed by atoms with Gasteiger partial charge in [-0.05, 0) is 54.8 Å². The third-order valence-corrected chi connectivity index (χ3v) is 6.25. The molecule has 5 heteroatoms. The first-order valence-corrected chi connectivity index (χ1v) is 10.1. The van der Waals surface area contributed by atoms with E-state index in [2.05, 4.69) is 58.7 Å². The lowest BCUT2D eigenvalue weighted by atomic mass is 10.0. The number of likely N-dealkylation sites (tertiary alicyclic amines) is 1. The van der Waals surface area contributed by atoms with Gasteiger partial charge in [-0.25, -0.2) is 5.01 Å². The van der Waals surface area contributed by atoms with E-state index in [0.717, 1.165) is 17.2 Å². The van der Waals surface area contributed by atoms with Crippen LogP contribution in [-0.2, 0) is 4.79 Å². The van der Waals surface area contributed by atoms with Crippen molar-refractivity contribution >= 4 is 17.3 Å². The number of amides is 1. The second-order valence-corrected chi connectivity index (χ2v) is 8.09. The first-order chi connectivity index (χ1) is 13.7. The lowest BCUT2D eigenvalue weighted by Gasteiger charge is -2.26. The van der Waals surface area contributed by atoms with Crippen LogP contribution in [0.25, 0.3) is 11.1 Å². The Labute approximate surface area is 166 Å². The fourth-order valence-electron chi connectivity index (χ4n) is 4.81. The van der Waals surface area contributed by atoms with Crippen molar-refractivity contribution in [3.05, 3.63) is 60.8 Å². The number of nitrogens with zero attached hydrogens (tertiary/aromatic N) is 3. The summed E-state index contributed by atoms with van der Waals surface area (Å²) in [6.07, 6.45) is 5.38. The predicted octanol–water partition coefficient (Wildman–Crippen LogP) is 3.25. The Morgan fingerprint density at radius 3 is 2.29 bits per heavy atom. The highest BCUT2D eigenvalue weighted by Gasteiger charge is 2.39. The van der Waals surface area contributed by atoms with Crippen molar-refractivity contribution in [2.75, 3.05) is 36.6 Å². The van der Waals surface area contributed by atoms with Gasteiger partial charge in [-0.15, -0.1) is 0 Å². The normalized spacial score (nSPS) is 24.5. The molecule has 0 aliphatic carbocycles. The summed E-state index contributed by atoms with van der Waals surface area (Å²) in [7, 11) is 2.23. The molecule has 0 aromatic heterocycles. The van der Waals surface area contributed by atoms with Crippen molar-refractivity contribution in [2.24, 2.45) is 5.92 Å². The van der Waals surface area contributed by atoms with Crippen LogP contribution in [0.15, 0.2) is 60.8 Å². The topological polar surface area (TPSA) is 38.8 Å². The predicted molar refractivity (Wildman–Crippen MR) is 113 cm³/mol. The van der Waals surface area contributed by atoms with Crippen molar-refractivity contribution in [3.63, 3.8) is 0 Å². The van der Waals surface area contributed by atoms with Crippen LogP contribution in [0, 0.1) is 5.92 Å². The smallest absolute Gasteiger partial charge is 0.249 e. The molecule has 0 radical (unpaired) electrons. The van der Waals surface area contributed by atoms with Gasteiger partial charge in [0, 0.05) is 44.0 Å². The highest BCUT2D eigenvalue weighted by Crippen LogP contribution is 2.35. The molecule has 3 aliphatic heterocycles. The van der Waals surface area contributed by atoms with Crippen LogP contribution in [0.4, 0.5) is 11.4 Å². The number of anilines is 2. The second-order valence-electron chi connectivity index (χ2n) is 8.09. The summed E-state index contributed by atoms with van der Waals surface area (Å²) in [4.78, 5) is 17.1. The minimum absolute atomic E-state index is 0.0566. The molecule has 2 atom stereocenters. The number of carbonyl (C=O) groups is 1. The zero-order chi connectivity index (χ0) is 19.1. The Morgan fingerprint density at radius 2 is 1.61 bits per heavy atom. The number of hydrogen-bond acceptors (Lipinski definition) is 4. The molecular formula is C23H26N4O. The quantitative estimate of drug-likeness (QED) is 0.895. The van der Waals surface area contributed by atoms with E-state index < -0.39 is 0 Å². The lowest BCUT2D eigenvalue weighted by Crippen LogP contribution is -2.41. The summed E-state index contributed by atoms with van der Waals surface area (Å²) in [5.41, 5.74) is 7.56. The lowest BCUT2D eigenvalue weighted by molar-refractivity contribution is -0.118. The number of fused-ring (bicyclic) bond motifs is 1. The van der Waals surface area contributed by atoms with Gasteiger partial charge in [-0.3, -0.25) is 10.2 Å². The molecule has 2 aromatic carbocycles. The molecular weight excluding hydrogens is 348 g/mol. The Hall–Kier alpha value is -2.79. The van der Waals surface area contributed by atoms with E-state index >= 15 is 0 Å². The van der Waals surface area contributed by atoms with Gasteiger partial charge >= 0.3 is 0 Å². The molecule has 0 bridgehead atoms. The van der Waals surface area contributed by atoms with Gasteiger partial charge in [-0.1, -0.05) is 30.3 Å². The van der Waals surface area contributed by atoms with Crippen molar-refractivity contribution < 1.29 is 4.79 Å². The molecule has 3 aliphatic rings. The largest absolute Gasteiger partial charge is 0.367 e. The molecule has 28 heavy (non-hydrogen) atoms. The summed E-state index contributed by atoms with van der Waals surface area (Å²) in [6.45, 7) is 3.57. The fraction of sp³-hybridized carbons (Fsp3) is 0.348. The number of benzene rings is 2. The zero-order valence-electron chi connectivity index (χ0n) is 16.2. The van der Waals surface area contributed by atoms with E-state index in [1.54, 1.807) is 11.2 Å². The van der Waals surface area contributed by atoms with Gasteiger partial charge in [0.15, 0.2) is 0 Å². The molecule has 0 unspecified atom stereocenters. The summed E-state index contributed by atoms with van der Waals surface area (Å²) in [5.74, 6) is 0.874. The van der Waals surface area contributed by atoms with Gasteiger partial charge in [0.2, 0.25) is 5.91 Å². The van der Waals surface area contributed by atoms with E-state index in [9.17, 15) is 4.79 Å². The van der Waals surface area contributed by atoms with Crippen molar-refractivity contribution in [1.29, 1.82) is 0 Å². The van der Waals surface area contributed by atoms with Gasteiger partial charge in [0.1, 0.15) is 0 Å². The summed E-state index contributed by atoms with van der Waals surface area (Å²) < 4.78 is 0. The molecule has 2 aromatic rings. The molecule has 2 saturated heterocycles. The first-order valence-electron chi connectivity index (χ1n) is 10.1. The van der Waals surface area contributed by atoms with Crippen LogP contribution in [0.1, 0.15) is 12.8 Å². The highest BCUT2D eigenvalue weighted by atomic mass is 16.2. The average Bonchev–Trinajstić information content (AvgIpc) is 3.28. The third kappa shape index (κ3) is 3.06. The number of hydrogen-bond donors (Lipinski definition) is 1. The van der Waals surface area contributed by atoms with E-state index in [1.807, 2.05) is 18.2 Å². The molecule has 3 heterocycles. The van der Waals surface area contributed by atoms with Crippen LogP contribution in [0.3, 0.4) is 0 Å². The number of likely N-dealkylation sites (N-methyl/N-ethyl adjacent to an activating group) is 1. The SMILES string of the molecule is CN1C[C@H]2CCN(c3ccc(-c4ccc(N5NC=CCC5=O)cc4)cc3)[C@H]2C1. The van der Waals surface area contributed by atoms with E-state index in [4.69, 9.17) is 0 Å². The van der Waals surface area contributed by atoms with Crippen molar-refractivity contribution in [1.82, 2.24) is 10.3 Å². The number of nitrogens with one attached hydrogen (secondary N) is 1. The van der Waals surface area contributed by atoms with Gasteiger partial charge in [0.25, 0.3) is 0 Å². The fourth-order valence-corrected chi connectivity index (χ4v) is 4.81. The Bertz CT molecular complexity index is 890. The van der Waals surface area contributed by atoms with Crippen LogP contribution >= 0.6 is 0 Å². The minimum atomic E-state index is 0.0566. The summed E-state index contributed by atoms with van der Waals surface area (Å²) in [5, 5.41) is 1.59. The molecule has 144 valence electrons. The maximum Gasteiger partial charge on any atom is 0.249 e. The Kier molecular flexibility index (Phi) is 4.32. The van der Waals surface area contributed by atoms with Crippen LogP contribution < -0.4 is 15.3 Å². The van der Waals surface area contributed by atoms with E-state index in [1.165, 1.54) is 37.3 Å².